The summed E-state index contributed by atoms with van der Waals surface area (Å²) in [6, 6.07) is 9.21. The Bertz CT molecular complexity index is 533. The van der Waals surface area contributed by atoms with Gasteiger partial charge in [0.25, 0.3) is 0 Å². The predicted molar refractivity (Wildman–Crippen MR) is 80.8 cm³/mol. The Balaban J connectivity index is 2.53. The molecule has 1 atom stereocenters. The van der Waals surface area contributed by atoms with E-state index in [1.54, 1.807) is 6.92 Å². The van der Waals surface area contributed by atoms with E-state index in [9.17, 15) is 14.4 Å². The van der Waals surface area contributed by atoms with Gasteiger partial charge in [0, 0.05) is 6.08 Å². The SMILES string of the molecule is CCOC(=O)/C=C/CC(C(C)=O)C(=O)OCc1ccccc1. The molecule has 0 amide bonds. The van der Waals surface area contributed by atoms with E-state index in [0.717, 1.165) is 5.56 Å². The molecule has 1 unspecified atom stereocenters. The molecule has 1 aromatic rings. The Kier molecular flexibility index (Phi) is 7.61. The first kappa shape index (κ1) is 17.6. The minimum Gasteiger partial charge on any atom is -0.463 e. The number of carbonyl (C=O) groups excluding carboxylic acids is 3. The van der Waals surface area contributed by atoms with Crippen LogP contribution in [-0.4, -0.2) is 24.3 Å². The largest absolute Gasteiger partial charge is 0.463 e. The summed E-state index contributed by atoms with van der Waals surface area (Å²) >= 11 is 0. The number of ketones is 1. The standard InChI is InChI=1S/C17H20O5/c1-3-21-16(19)11-7-10-15(13(2)18)17(20)22-12-14-8-5-4-6-9-14/h4-9,11,15H,3,10,12H2,1-2H3/b11-7+. The van der Waals surface area contributed by atoms with Crippen molar-refractivity contribution in [1.29, 1.82) is 0 Å². The topological polar surface area (TPSA) is 69.7 Å². The van der Waals surface area contributed by atoms with Crippen LogP contribution in [0.25, 0.3) is 0 Å². The molecule has 0 aliphatic heterocycles. The quantitative estimate of drug-likeness (QED) is 0.419. The molecule has 0 aliphatic rings. The smallest absolute Gasteiger partial charge is 0.330 e. The van der Waals surface area contributed by atoms with Crippen LogP contribution in [0.2, 0.25) is 0 Å². The van der Waals surface area contributed by atoms with E-state index in [1.807, 2.05) is 30.3 Å². The van der Waals surface area contributed by atoms with Gasteiger partial charge in [0.15, 0.2) is 0 Å². The van der Waals surface area contributed by atoms with Crippen molar-refractivity contribution in [3.05, 3.63) is 48.0 Å². The first-order chi connectivity index (χ1) is 10.5. The molecule has 5 heteroatoms. The number of allylic oxidation sites excluding steroid dienone is 1. The van der Waals surface area contributed by atoms with Gasteiger partial charge in [0.1, 0.15) is 18.3 Å². The number of benzene rings is 1. The molecule has 118 valence electrons. The summed E-state index contributed by atoms with van der Waals surface area (Å²) in [5.74, 6) is -2.30. The molecule has 0 saturated carbocycles. The van der Waals surface area contributed by atoms with Gasteiger partial charge in [-0.3, -0.25) is 9.59 Å². The lowest BCUT2D eigenvalue weighted by Gasteiger charge is -2.11. The van der Waals surface area contributed by atoms with E-state index in [4.69, 9.17) is 9.47 Å². The number of hydrogen-bond acceptors (Lipinski definition) is 5. The summed E-state index contributed by atoms with van der Waals surface area (Å²) in [5.41, 5.74) is 0.847. The molecule has 0 bridgehead atoms. The van der Waals surface area contributed by atoms with Crippen LogP contribution >= 0.6 is 0 Å². The van der Waals surface area contributed by atoms with Gasteiger partial charge in [-0.1, -0.05) is 36.4 Å². The molecule has 0 aromatic heterocycles. The van der Waals surface area contributed by atoms with Crippen molar-refractivity contribution >= 4 is 17.7 Å². The molecule has 0 aliphatic carbocycles. The maximum Gasteiger partial charge on any atom is 0.330 e. The van der Waals surface area contributed by atoms with Gasteiger partial charge in [-0.25, -0.2) is 4.79 Å². The van der Waals surface area contributed by atoms with E-state index in [2.05, 4.69) is 0 Å². The number of rotatable bonds is 8. The van der Waals surface area contributed by atoms with Crippen molar-refractivity contribution in [2.24, 2.45) is 5.92 Å². The number of esters is 2. The third-order valence-electron chi connectivity index (χ3n) is 2.91. The number of hydrogen-bond donors (Lipinski definition) is 0. The van der Waals surface area contributed by atoms with Crippen molar-refractivity contribution in [2.45, 2.75) is 26.9 Å². The predicted octanol–water partition coefficient (Wildman–Crippen LogP) is 2.44. The maximum atomic E-state index is 12.0. The van der Waals surface area contributed by atoms with Crippen LogP contribution in [-0.2, 0) is 30.5 Å². The molecule has 0 radical (unpaired) electrons. The Labute approximate surface area is 129 Å². The van der Waals surface area contributed by atoms with Crippen molar-refractivity contribution in [1.82, 2.24) is 0 Å². The van der Waals surface area contributed by atoms with Crippen molar-refractivity contribution in [3.63, 3.8) is 0 Å². The van der Waals surface area contributed by atoms with Crippen molar-refractivity contribution in [2.75, 3.05) is 6.61 Å². The van der Waals surface area contributed by atoms with Gasteiger partial charge >= 0.3 is 11.9 Å². The highest BCUT2D eigenvalue weighted by atomic mass is 16.5. The first-order valence-corrected chi connectivity index (χ1v) is 7.09. The van der Waals surface area contributed by atoms with E-state index >= 15 is 0 Å². The third kappa shape index (κ3) is 6.35. The van der Waals surface area contributed by atoms with Crippen LogP contribution in [0.1, 0.15) is 25.8 Å². The normalized spacial score (nSPS) is 11.9. The summed E-state index contributed by atoms with van der Waals surface area (Å²) in [7, 11) is 0. The summed E-state index contributed by atoms with van der Waals surface area (Å²) < 4.78 is 9.87. The Morgan fingerprint density at radius 2 is 1.82 bits per heavy atom. The molecule has 1 rings (SSSR count). The molecule has 22 heavy (non-hydrogen) atoms. The van der Waals surface area contributed by atoms with Crippen LogP contribution in [0.5, 0.6) is 0 Å². The lowest BCUT2D eigenvalue weighted by Crippen LogP contribution is -2.23. The van der Waals surface area contributed by atoms with E-state index in [1.165, 1.54) is 19.1 Å². The summed E-state index contributed by atoms with van der Waals surface area (Å²) in [5, 5.41) is 0. The molecule has 1 aromatic carbocycles. The fraction of sp³-hybridized carbons (Fsp3) is 0.353. The van der Waals surface area contributed by atoms with E-state index in [-0.39, 0.29) is 25.4 Å². The highest BCUT2D eigenvalue weighted by molar-refractivity contribution is 5.98. The average Bonchev–Trinajstić information content (AvgIpc) is 2.50. The van der Waals surface area contributed by atoms with Gasteiger partial charge in [-0.2, -0.15) is 0 Å². The third-order valence-corrected chi connectivity index (χ3v) is 2.91. The van der Waals surface area contributed by atoms with Gasteiger partial charge in [-0.15, -0.1) is 0 Å². The van der Waals surface area contributed by atoms with Crippen LogP contribution < -0.4 is 0 Å². The number of carbonyl (C=O) groups is 3. The van der Waals surface area contributed by atoms with Crippen molar-refractivity contribution in [3.8, 4) is 0 Å². The fourth-order valence-electron chi connectivity index (χ4n) is 1.75. The molecule has 0 fully saturated rings. The molecular formula is C17H20O5. The van der Waals surface area contributed by atoms with Crippen LogP contribution in [0.15, 0.2) is 42.5 Å². The first-order valence-electron chi connectivity index (χ1n) is 7.09. The number of Topliss-reactive ketones (excluding diaryl/α,β-unsaturated/α-hetero) is 1. The second-order valence-corrected chi connectivity index (χ2v) is 4.65. The second kappa shape index (κ2) is 9.50. The summed E-state index contributed by atoms with van der Waals surface area (Å²) in [4.78, 5) is 34.7. The van der Waals surface area contributed by atoms with Gasteiger partial charge in [0.05, 0.1) is 6.61 Å². The molecule has 0 heterocycles. The lowest BCUT2D eigenvalue weighted by molar-refractivity contribution is -0.152. The zero-order valence-corrected chi connectivity index (χ0v) is 12.8. The maximum absolute atomic E-state index is 12.0. The highest BCUT2D eigenvalue weighted by Gasteiger charge is 2.23. The minimum absolute atomic E-state index is 0.113. The van der Waals surface area contributed by atoms with Crippen LogP contribution in [0.3, 0.4) is 0 Å². The van der Waals surface area contributed by atoms with Gasteiger partial charge in [-0.05, 0) is 25.8 Å². The average molecular weight is 304 g/mol. The zero-order chi connectivity index (χ0) is 16.4. The van der Waals surface area contributed by atoms with Crippen LogP contribution in [0.4, 0.5) is 0 Å². The lowest BCUT2D eigenvalue weighted by atomic mass is 10.0. The van der Waals surface area contributed by atoms with Crippen LogP contribution in [0, 0.1) is 5.92 Å². The zero-order valence-electron chi connectivity index (χ0n) is 12.8. The van der Waals surface area contributed by atoms with Gasteiger partial charge < -0.3 is 9.47 Å². The summed E-state index contributed by atoms with van der Waals surface area (Å²) in [6.07, 6.45) is 2.78. The van der Waals surface area contributed by atoms with Crippen molar-refractivity contribution < 1.29 is 23.9 Å². The highest BCUT2D eigenvalue weighted by Crippen LogP contribution is 2.11. The second-order valence-electron chi connectivity index (χ2n) is 4.65. The van der Waals surface area contributed by atoms with E-state index in [0.29, 0.717) is 0 Å². The van der Waals surface area contributed by atoms with Gasteiger partial charge in [0.2, 0.25) is 0 Å². The minimum atomic E-state index is -0.908. The monoisotopic (exact) mass is 304 g/mol. The summed E-state index contributed by atoms with van der Waals surface area (Å²) in [6.45, 7) is 3.42. The molecule has 0 saturated heterocycles. The Morgan fingerprint density at radius 3 is 2.41 bits per heavy atom. The van der Waals surface area contributed by atoms with E-state index < -0.39 is 17.9 Å². The Hall–Kier alpha value is -2.43. The molecule has 0 spiro atoms. The Morgan fingerprint density at radius 1 is 1.14 bits per heavy atom. The molecule has 5 nitrogen and oxygen atoms in total. The number of ether oxygens (including phenoxy) is 2. The molecular weight excluding hydrogens is 284 g/mol. The molecule has 0 N–H and O–H groups in total. The fourth-order valence-corrected chi connectivity index (χ4v) is 1.75.